The van der Waals surface area contributed by atoms with Crippen LogP contribution in [0.1, 0.15) is 29.8 Å². The average molecular weight is 436 g/mol. The molecule has 0 heterocycles. The fraction of sp³-hybridized carbons (Fsp3) is 0.273. The molecule has 2 aromatic rings. The zero-order chi connectivity index (χ0) is 21.6. The minimum absolute atomic E-state index is 0.151. The first-order valence-corrected chi connectivity index (χ1v) is 9.80. The van der Waals surface area contributed by atoms with Crippen molar-refractivity contribution in [2.75, 3.05) is 20.7 Å². The minimum Gasteiger partial charge on any atom is -0.490 e. The van der Waals surface area contributed by atoms with E-state index in [1.807, 2.05) is 6.92 Å². The lowest BCUT2D eigenvalue weighted by Gasteiger charge is -2.20. The zero-order valence-corrected chi connectivity index (χ0v) is 18.3. The van der Waals surface area contributed by atoms with Gasteiger partial charge in [-0.1, -0.05) is 35.3 Å². The highest BCUT2D eigenvalue weighted by atomic mass is 35.5. The van der Waals surface area contributed by atoms with Crippen LogP contribution in [0.15, 0.2) is 42.5 Å². The molecule has 0 saturated carbocycles. The molecule has 0 bridgehead atoms. The van der Waals surface area contributed by atoms with Crippen molar-refractivity contribution in [2.24, 2.45) is 0 Å². The van der Waals surface area contributed by atoms with Gasteiger partial charge in [0.2, 0.25) is 0 Å². The highest BCUT2D eigenvalue weighted by Crippen LogP contribution is 2.30. The Bertz CT molecular complexity index is 925. The summed E-state index contributed by atoms with van der Waals surface area (Å²) < 4.78 is 11.4. The highest BCUT2D eigenvalue weighted by molar-refractivity contribution is 6.37. The van der Waals surface area contributed by atoms with Gasteiger partial charge in [-0.05, 0) is 55.8 Å². The number of nitrogens with zero attached hydrogens (tertiary/aromatic N) is 1. The standard InChI is InChI=1S/C22H23Cl2NO4/c1-5-28-21-12-15(7-11-20(21)29-14(2)22(27)25(3)4)6-10-19(26)17-9-8-16(23)13-18(17)24/h6-14H,5H2,1-4H3. The van der Waals surface area contributed by atoms with Crippen molar-refractivity contribution < 1.29 is 19.1 Å². The number of hydrogen-bond acceptors (Lipinski definition) is 4. The topological polar surface area (TPSA) is 55.8 Å². The van der Waals surface area contributed by atoms with Crippen molar-refractivity contribution in [3.8, 4) is 11.5 Å². The number of likely N-dealkylation sites (N-methyl/N-ethyl adjacent to an activating group) is 1. The third-order valence-electron chi connectivity index (χ3n) is 3.98. The van der Waals surface area contributed by atoms with Crippen LogP contribution in [0.25, 0.3) is 6.08 Å². The number of carbonyl (C=O) groups is 2. The monoisotopic (exact) mass is 435 g/mol. The maximum Gasteiger partial charge on any atom is 0.262 e. The Hall–Kier alpha value is -2.50. The van der Waals surface area contributed by atoms with Crippen LogP contribution < -0.4 is 9.47 Å². The average Bonchev–Trinajstić information content (AvgIpc) is 2.67. The van der Waals surface area contributed by atoms with E-state index < -0.39 is 6.10 Å². The van der Waals surface area contributed by atoms with Crippen LogP contribution in [0.4, 0.5) is 0 Å². The van der Waals surface area contributed by atoms with Gasteiger partial charge in [-0.3, -0.25) is 9.59 Å². The van der Waals surface area contributed by atoms with Crippen LogP contribution in [-0.2, 0) is 4.79 Å². The van der Waals surface area contributed by atoms with Crippen molar-refractivity contribution in [1.82, 2.24) is 4.90 Å². The molecule has 1 atom stereocenters. The van der Waals surface area contributed by atoms with E-state index >= 15 is 0 Å². The fourth-order valence-electron chi connectivity index (χ4n) is 2.55. The van der Waals surface area contributed by atoms with E-state index in [2.05, 4.69) is 0 Å². The molecule has 0 aliphatic rings. The van der Waals surface area contributed by atoms with E-state index in [1.165, 1.54) is 17.0 Å². The molecule has 0 radical (unpaired) electrons. The van der Waals surface area contributed by atoms with Crippen molar-refractivity contribution >= 4 is 41.0 Å². The number of benzene rings is 2. The van der Waals surface area contributed by atoms with Crippen LogP contribution in [0, 0.1) is 0 Å². The van der Waals surface area contributed by atoms with Crippen LogP contribution >= 0.6 is 23.2 Å². The Morgan fingerprint density at radius 3 is 2.45 bits per heavy atom. The van der Waals surface area contributed by atoms with Gasteiger partial charge in [-0.15, -0.1) is 0 Å². The molecule has 0 fully saturated rings. The Morgan fingerprint density at radius 2 is 1.83 bits per heavy atom. The third kappa shape index (κ3) is 6.24. The number of ketones is 1. The van der Waals surface area contributed by atoms with E-state index in [0.717, 1.165) is 5.56 Å². The normalized spacial score (nSPS) is 11.9. The van der Waals surface area contributed by atoms with Gasteiger partial charge in [0.15, 0.2) is 23.4 Å². The summed E-state index contributed by atoms with van der Waals surface area (Å²) in [7, 11) is 3.34. The number of amides is 1. The maximum absolute atomic E-state index is 12.4. The molecular formula is C22H23Cl2NO4. The van der Waals surface area contributed by atoms with Gasteiger partial charge in [0.1, 0.15) is 0 Å². The fourth-order valence-corrected chi connectivity index (χ4v) is 3.05. The molecule has 1 unspecified atom stereocenters. The summed E-state index contributed by atoms with van der Waals surface area (Å²) >= 11 is 11.9. The number of hydrogen-bond donors (Lipinski definition) is 0. The molecule has 2 aromatic carbocycles. The number of rotatable bonds is 8. The number of halogens is 2. The Morgan fingerprint density at radius 1 is 1.10 bits per heavy atom. The van der Waals surface area contributed by atoms with Gasteiger partial charge in [0.25, 0.3) is 5.91 Å². The van der Waals surface area contributed by atoms with Crippen molar-refractivity contribution in [3.63, 3.8) is 0 Å². The predicted molar refractivity (Wildman–Crippen MR) is 116 cm³/mol. The van der Waals surface area contributed by atoms with Crippen molar-refractivity contribution in [2.45, 2.75) is 20.0 Å². The largest absolute Gasteiger partial charge is 0.490 e. The molecule has 0 N–H and O–H groups in total. The van der Waals surface area contributed by atoms with E-state index in [9.17, 15) is 9.59 Å². The summed E-state index contributed by atoms with van der Waals surface area (Å²) in [6.07, 6.45) is 2.44. The van der Waals surface area contributed by atoms with E-state index in [4.69, 9.17) is 32.7 Å². The lowest BCUT2D eigenvalue weighted by Crippen LogP contribution is -2.35. The lowest BCUT2D eigenvalue weighted by molar-refractivity contribution is -0.135. The summed E-state index contributed by atoms with van der Waals surface area (Å²) in [5.41, 5.74) is 1.11. The Labute approximate surface area is 180 Å². The van der Waals surface area contributed by atoms with Crippen LogP contribution in [-0.4, -0.2) is 43.4 Å². The van der Waals surface area contributed by atoms with E-state index in [0.29, 0.717) is 33.7 Å². The van der Waals surface area contributed by atoms with Crippen LogP contribution in [0.2, 0.25) is 10.0 Å². The molecule has 2 rings (SSSR count). The summed E-state index contributed by atoms with van der Waals surface area (Å²) in [5, 5.41) is 0.764. The molecule has 0 spiro atoms. The summed E-state index contributed by atoms with van der Waals surface area (Å²) in [6, 6.07) is 9.97. The molecule has 0 saturated heterocycles. The van der Waals surface area contributed by atoms with Gasteiger partial charge in [0, 0.05) is 24.7 Å². The number of carbonyl (C=O) groups excluding carboxylic acids is 2. The van der Waals surface area contributed by atoms with E-state index in [1.54, 1.807) is 57.4 Å². The second-order valence-electron chi connectivity index (χ2n) is 6.45. The van der Waals surface area contributed by atoms with Gasteiger partial charge >= 0.3 is 0 Å². The zero-order valence-electron chi connectivity index (χ0n) is 16.7. The Balaban J connectivity index is 2.21. The molecule has 29 heavy (non-hydrogen) atoms. The van der Waals surface area contributed by atoms with Gasteiger partial charge in [-0.25, -0.2) is 0 Å². The van der Waals surface area contributed by atoms with Crippen LogP contribution in [0.3, 0.4) is 0 Å². The highest BCUT2D eigenvalue weighted by Gasteiger charge is 2.18. The maximum atomic E-state index is 12.4. The predicted octanol–water partition coefficient (Wildman–Crippen LogP) is 5.14. The second-order valence-corrected chi connectivity index (χ2v) is 7.30. The molecule has 1 amide bonds. The van der Waals surface area contributed by atoms with Crippen molar-refractivity contribution in [3.05, 3.63) is 63.6 Å². The van der Waals surface area contributed by atoms with Gasteiger partial charge in [-0.2, -0.15) is 0 Å². The smallest absolute Gasteiger partial charge is 0.262 e. The lowest BCUT2D eigenvalue weighted by atomic mass is 10.1. The molecular weight excluding hydrogens is 413 g/mol. The molecule has 154 valence electrons. The number of allylic oxidation sites excluding steroid dienone is 1. The first-order chi connectivity index (χ1) is 13.7. The number of ether oxygens (including phenoxy) is 2. The first-order valence-electron chi connectivity index (χ1n) is 9.05. The summed E-state index contributed by atoms with van der Waals surface area (Å²) in [5.74, 6) is 0.556. The molecule has 0 aromatic heterocycles. The quantitative estimate of drug-likeness (QED) is 0.425. The Kier molecular flexibility index (Phi) is 8.11. The third-order valence-corrected chi connectivity index (χ3v) is 4.53. The van der Waals surface area contributed by atoms with Gasteiger partial charge in [0.05, 0.1) is 11.6 Å². The molecule has 0 aliphatic carbocycles. The molecule has 5 nitrogen and oxygen atoms in total. The van der Waals surface area contributed by atoms with Gasteiger partial charge < -0.3 is 14.4 Å². The van der Waals surface area contributed by atoms with Crippen molar-refractivity contribution in [1.29, 1.82) is 0 Å². The van der Waals surface area contributed by atoms with Crippen LogP contribution in [0.5, 0.6) is 11.5 Å². The van der Waals surface area contributed by atoms with E-state index in [-0.39, 0.29) is 11.7 Å². The SMILES string of the molecule is CCOc1cc(C=CC(=O)c2ccc(Cl)cc2Cl)ccc1OC(C)C(=O)N(C)C. The summed E-state index contributed by atoms with van der Waals surface area (Å²) in [4.78, 5) is 25.9. The summed E-state index contributed by atoms with van der Waals surface area (Å²) in [6.45, 7) is 3.96. The second kappa shape index (κ2) is 10.3. The minimum atomic E-state index is -0.653. The first kappa shape index (κ1) is 22.8. The molecule has 7 heteroatoms. The molecule has 0 aliphatic heterocycles.